The Balaban J connectivity index is 1.98. The van der Waals surface area contributed by atoms with Crippen LogP contribution < -0.4 is 5.32 Å². The smallest absolute Gasteiger partial charge is 0.0819 e. The summed E-state index contributed by atoms with van der Waals surface area (Å²) in [5.41, 5.74) is 1.80. The van der Waals surface area contributed by atoms with Gasteiger partial charge in [0.2, 0.25) is 0 Å². The second-order valence-corrected chi connectivity index (χ2v) is 5.72. The molecule has 2 nitrogen and oxygen atoms in total. The van der Waals surface area contributed by atoms with Crippen molar-refractivity contribution in [3.8, 4) is 0 Å². The van der Waals surface area contributed by atoms with E-state index in [0.29, 0.717) is 6.54 Å². The largest absolute Gasteiger partial charge is 0.388 e. The van der Waals surface area contributed by atoms with Crippen molar-refractivity contribution in [1.29, 1.82) is 0 Å². The molecule has 0 aliphatic heterocycles. The van der Waals surface area contributed by atoms with Crippen LogP contribution in [-0.2, 0) is 0 Å². The van der Waals surface area contributed by atoms with Gasteiger partial charge in [0.05, 0.1) is 5.60 Å². The number of anilines is 1. The third-order valence-corrected chi connectivity index (χ3v) is 3.66. The minimum absolute atomic E-state index is 0.490. The number of rotatable bonds is 3. The second-order valence-electron chi connectivity index (χ2n) is 4.80. The number of hydrogen-bond donors (Lipinski definition) is 2. The Morgan fingerprint density at radius 3 is 2.62 bits per heavy atom. The van der Waals surface area contributed by atoms with Gasteiger partial charge in [-0.05, 0) is 43.5 Å². The molecule has 0 radical (unpaired) electrons. The summed E-state index contributed by atoms with van der Waals surface area (Å²) < 4.78 is 1.08. The van der Waals surface area contributed by atoms with Gasteiger partial charge in [-0.15, -0.1) is 0 Å². The zero-order chi connectivity index (χ0) is 11.6. The minimum atomic E-state index is -0.490. The summed E-state index contributed by atoms with van der Waals surface area (Å²) >= 11 is 3.48. The first-order chi connectivity index (χ1) is 7.57. The summed E-state index contributed by atoms with van der Waals surface area (Å²) in [6.45, 7) is 2.73. The van der Waals surface area contributed by atoms with Crippen LogP contribution in [0.4, 0.5) is 5.69 Å². The molecule has 16 heavy (non-hydrogen) atoms. The quantitative estimate of drug-likeness (QED) is 0.890. The zero-order valence-electron chi connectivity index (χ0n) is 9.59. The molecule has 1 aliphatic rings. The molecule has 1 aromatic carbocycles. The van der Waals surface area contributed by atoms with Crippen LogP contribution in [0.3, 0.4) is 0 Å². The van der Waals surface area contributed by atoms with Crippen molar-refractivity contribution in [2.75, 3.05) is 11.9 Å². The zero-order valence-corrected chi connectivity index (χ0v) is 11.2. The summed E-state index contributed by atoms with van der Waals surface area (Å²) in [6.07, 6.45) is 4.14. The van der Waals surface area contributed by atoms with Crippen LogP contribution in [0.25, 0.3) is 0 Å². The Morgan fingerprint density at radius 1 is 1.31 bits per heavy atom. The molecule has 0 unspecified atom stereocenters. The van der Waals surface area contributed by atoms with Crippen molar-refractivity contribution >= 4 is 21.6 Å². The summed E-state index contributed by atoms with van der Waals surface area (Å²) in [5, 5.41) is 13.5. The van der Waals surface area contributed by atoms with E-state index in [1.165, 1.54) is 5.56 Å². The molecule has 2 N–H and O–H groups in total. The third kappa shape index (κ3) is 2.98. The molecule has 0 atom stereocenters. The van der Waals surface area contributed by atoms with Crippen molar-refractivity contribution < 1.29 is 5.11 Å². The third-order valence-electron chi connectivity index (χ3n) is 3.20. The van der Waals surface area contributed by atoms with E-state index >= 15 is 0 Å². The van der Waals surface area contributed by atoms with Crippen LogP contribution in [0.1, 0.15) is 31.2 Å². The van der Waals surface area contributed by atoms with Gasteiger partial charge in [-0.25, -0.2) is 0 Å². The Labute approximate surface area is 105 Å². The molecule has 0 amide bonds. The average molecular weight is 284 g/mol. The van der Waals surface area contributed by atoms with Gasteiger partial charge >= 0.3 is 0 Å². The molecule has 88 valence electrons. The highest BCUT2D eigenvalue weighted by Gasteiger charge is 2.30. The van der Waals surface area contributed by atoms with Crippen LogP contribution >= 0.6 is 15.9 Å². The maximum Gasteiger partial charge on any atom is 0.0819 e. The predicted octanol–water partition coefficient (Wildman–Crippen LogP) is 3.47. The number of nitrogens with one attached hydrogen (secondary N) is 1. The molecular weight excluding hydrogens is 266 g/mol. The van der Waals surface area contributed by atoms with E-state index in [9.17, 15) is 5.11 Å². The van der Waals surface area contributed by atoms with Crippen molar-refractivity contribution in [3.05, 3.63) is 28.2 Å². The lowest BCUT2D eigenvalue weighted by atomic mass is 10.0. The highest BCUT2D eigenvalue weighted by molar-refractivity contribution is 9.10. The Kier molecular flexibility index (Phi) is 3.55. The molecule has 0 saturated heterocycles. The summed E-state index contributed by atoms with van der Waals surface area (Å²) in [4.78, 5) is 0. The van der Waals surface area contributed by atoms with Gasteiger partial charge in [-0.1, -0.05) is 28.8 Å². The number of aryl methyl sites for hydroxylation is 1. The fourth-order valence-corrected chi connectivity index (χ4v) is 2.92. The minimum Gasteiger partial charge on any atom is -0.388 e. The van der Waals surface area contributed by atoms with E-state index in [2.05, 4.69) is 40.3 Å². The van der Waals surface area contributed by atoms with Crippen molar-refractivity contribution in [2.24, 2.45) is 0 Å². The number of aliphatic hydroxyl groups is 1. The van der Waals surface area contributed by atoms with E-state index in [4.69, 9.17) is 0 Å². The van der Waals surface area contributed by atoms with E-state index in [0.717, 1.165) is 35.8 Å². The molecule has 0 spiro atoms. The van der Waals surface area contributed by atoms with Gasteiger partial charge in [-0.3, -0.25) is 0 Å². The van der Waals surface area contributed by atoms with Gasteiger partial charge in [0.25, 0.3) is 0 Å². The van der Waals surface area contributed by atoms with Gasteiger partial charge in [0.1, 0.15) is 0 Å². The second kappa shape index (κ2) is 4.76. The van der Waals surface area contributed by atoms with Crippen molar-refractivity contribution in [3.63, 3.8) is 0 Å². The molecule has 1 saturated carbocycles. The standard InChI is InChI=1S/C13H18BrNO/c1-10-6-11(14)8-12(7-10)15-9-13(16)4-2-3-5-13/h6-8,15-16H,2-5,9H2,1H3. The molecule has 1 fully saturated rings. The predicted molar refractivity (Wildman–Crippen MR) is 70.8 cm³/mol. The van der Waals surface area contributed by atoms with Gasteiger partial charge in [0, 0.05) is 16.7 Å². The van der Waals surface area contributed by atoms with Gasteiger partial charge in [0.15, 0.2) is 0 Å². The van der Waals surface area contributed by atoms with Crippen LogP contribution in [-0.4, -0.2) is 17.3 Å². The average Bonchev–Trinajstić information content (AvgIpc) is 2.62. The van der Waals surface area contributed by atoms with Crippen LogP contribution in [0.15, 0.2) is 22.7 Å². The van der Waals surface area contributed by atoms with Crippen LogP contribution in [0, 0.1) is 6.92 Å². The van der Waals surface area contributed by atoms with Crippen molar-refractivity contribution in [2.45, 2.75) is 38.2 Å². The van der Waals surface area contributed by atoms with Crippen LogP contribution in [0.2, 0.25) is 0 Å². The Hall–Kier alpha value is -0.540. The summed E-state index contributed by atoms with van der Waals surface area (Å²) in [6, 6.07) is 6.23. The van der Waals surface area contributed by atoms with Gasteiger partial charge < -0.3 is 10.4 Å². The maximum atomic E-state index is 10.2. The molecular formula is C13H18BrNO. The Morgan fingerprint density at radius 2 is 2.00 bits per heavy atom. The highest BCUT2D eigenvalue weighted by atomic mass is 79.9. The monoisotopic (exact) mass is 283 g/mol. The maximum absolute atomic E-state index is 10.2. The topological polar surface area (TPSA) is 32.3 Å². The number of halogens is 1. The molecule has 0 aromatic heterocycles. The number of benzene rings is 1. The first-order valence-electron chi connectivity index (χ1n) is 5.81. The van der Waals surface area contributed by atoms with Crippen molar-refractivity contribution in [1.82, 2.24) is 0 Å². The van der Waals surface area contributed by atoms with E-state index in [-0.39, 0.29) is 0 Å². The van der Waals surface area contributed by atoms with Gasteiger partial charge in [-0.2, -0.15) is 0 Å². The molecule has 3 heteroatoms. The lowest BCUT2D eigenvalue weighted by Crippen LogP contribution is -2.33. The fraction of sp³-hybridized carbons (Fsp3) is 0.538. The fourth-order valence-electron chi connectivity index (χ4n) is 2.31. The highest BCUT2D eigenvalue weighted by Crippen LogP contribution is 2.30. The van der Waals surface area contributed by atoms with E-state index < -0.39 is 5.60 Å². The molecule has 2 rings (SSSR count). The molecule has 1 aliphatic carbocycles. The van der Waals surface area contributed by atoms with E-state index in [1.807, 2.05) is 6.07 Å². The first kappa shape index (κ1) is 11.9. The normalized spacial score (nSPS) is 18.7. The lowest BCUT2D eigenvalue weighted by Gasteiger charge is -2.23. The lowest BCUT2D eigenvalue weighted by molar-refractivity contribution is 0.0615. The molecule has 0 heterocycles. The summed E-state index contributed by atoms with van der Waals surface area (Å²) in [5.74, 6) is 0. The summed E-state index contributed by atoms with van der Waals surface area (Å²) in [7, 11) is 0. The van der Waals surface area contributed by atoms with Crippen LogP contribution in [0.5, 0.6) is 0 Å². The van der Waals surface area contributed by atoms with E-state index in [1.54, 1.807) is 0 Å². The first-order valence-corrected chi connectivity index (χ1v) is 6.60. The molecule has 1 aromatic rings. The molecule has 0 bridgehead atoms. The SMILES string of the molecule is Cc1cc(Br)cc(NCC2(O)CCCC2)c1. The Bertz CT molecular complexity index is 352. The number of hydrogen-bond acceptors (Lipinski definition) is 2.